The molecule has 1 aliphatic rings. The molecule has 1 atom stereocenters. The summed E-state index contributed by atoms with van der Waals surface area (Å²) in [7, 11) is 1.38. The molecule has 0 saturated carbocycles. The summed E-state index contributed by atoms with van der Waals surface area (Å²) >= 11 is 0. The third-order valence-electron chi connectivity index (χ3n) is 4.05. The first-order chi connectivity index (χ1) is 12.6. The lowest BCUT2D eigenvalue weighted by atomic mass is 10.1. The largest absolute Gasteiger partial charge is 0.504 e. The van der Waals surface area contributed by atoms with Crippen LogP contribution in [-0.2, 0) is 11.2 Å². The van der Waals surface area contributed by atoms with Gasteiger partial charge in [-0.3, -0.25) is 4.79 Å². The quantitative estimate of drug-likeness (QED) is 0.611. The van der Waals surface area contributed by atoms with Crippen LogP contribution in [0, 0.1) is 0 Å². The molecule has 0 radical (unpaired) electrons. The van der Waals surface area contributed by atoms with E-state index in [2.05, 4.69) is 0 Å². The minimum Gasteiger partial charge on any atom is -0.504 e. The zero-order valence-electron chi connectivity index (χ0n) is 14.3. The Morgan fingerprint density at radius 3 is 2.81 bits per heavy atom. The molecule has 0 spiro atoms. The van der Waals surface area contributed by atoms with Gasteiger partial charge in [0.1, 0.15) is 11.9 Å². The number of aliphatic hydroxyl groups is 1. The minimum absolute atomic E-state index is 0.0640. The first-order valence-corrected chi connectivity index (χ1v) is 8.25. The molecule has 6 nitrogen and oxygen atoms in total. The summed E-state index contributed by atoms with van der Waals surface area (Å²) in [5.74, 6) is 0.324. The number of rotatable bonds is 6. The molecule has 1 unspecified atom stereocenters. The molecule has 6 heteroatoms. The molecule has 0 bridgehead atoms. The van der Waals surface area contributed by atoms with Crippen molar-refractivity contribution in [3.05, 3.63) is 53.6 Å². The first kappa shape index (κ1) is 17.8. The molecule has 0 aliphatic carbocycles. The molecule has 1 aliphatic heterocycles. The van der Waals surface area contributed by atoms with Crippen molar-refractivity contribution in [1.82, 2.24) is 0 Å². The smallest absolute Gasteiger partial charge is 0.315 e. The van der Waals surface area contributed by atoms with E-state index in [1.807, 2.05) is 24.3 Å². The number of hydrogen-bond donors (Lipinski definition) is 2. The lowest BCUT2D eigenvalue weighted by Gasteiger charge is -2.15. The van der Waals surface area contributed by atoms with Gasteiger partial charge in [-0.2, -0.15) is 0 Å². The van der Waals surface area contributed by atoms with Gasteiger partial charge < -0.3 is 24.4 Å². The van der Waals surface area contributed by atoms with Gasteiger partial charge in [0.05, 0.1) is 20.1 Å². The molecule has 136 valence electrons. The Hall–Kier alpha value is -2.99. The van der Waals surface area contributed by atoms with E-state index in [4.69, 9.17) is 19.3 Å². The van der Waals surface area contributed by atoms with Crippen molar-refractivity contribution in [3.8, 4) is 23.0 Å². The summed E-state index contributed by atoms with van der Waals surface area (Å²) in [6.07, 6.45) is 3.50. The number of carbonyl (C=O) groups is 1. The lowest BCUT2D eigenvalue weighted by Crippen LogP contribution is -2.22. The van der Waals surface area contributed by atoms with E-state index in [9.17, 15) is 9.90 Å². The zero-order chi connectivity index (χ0) is 18.5. The maximum absolute atomic E-state index is 12.4. The third kappa shape index (κ3) is 3.81. The summed E-state index contributed by atoms with van der Waals surface area (Å²) in [6.45, 7) is -0.162. The summed E-state index contributed by atoms with van der Waals surface area (Å²) in [4.78, 5) is 12.4. The molecule has 2 N–H and O–H groups in total. The van der Waals surface area contributed by atoms with Crippen LogP contribution in [0.25, 0.3) is 6.08 Å². The number of benzene rings is 2. The number of methoxy groups -OCH3 is 1. The molecule has 1 heterocycles. The van der Waals surface area contributed by atoms with Gasteiger partial charge in [-0.1, -0.05) is 30.4 Å². The predicted molar refractivity (Wildman–Crippen MR) is 95.6 cm³/mol. The van der Waals surface area contributed by atoms with E-state index >= 15 is 0 Å². The third-order valence-corrected chi connectivity index (χ3v) is 4.05. The topological polar surface area (TPSA) is 85.2 Å². The number of ether oxygens (including phenoxy) is 3. The van der Waals surface area contributed by atoms with Gasteiger partial charge in [0.15, 0.2) is 11.5 Å². The van der Waals surface area contributed by atoms with Gasteiger partial charge in [0.25, 0.3) is 0 Å². The highest BCUT2D eigenvalue weighted by Gasteiger charge is 2.27. The first-order valence-electron chi connectivity index (χ1n) is 8.25. The average Bonchev–Trinajstić information content (AvgIpc) is 3.03. The van der Waals surface area contributed by atoms with Gasteiger partial charge >= 0.3 is 5.97 Å². The van der Waals surface area contributed by atoms with E-state index in [0.29, 0.717) is 12.0 Å². The van der Waals surface area contributed by atoms with E-state index in [1.165, 1.54) is 19.3 Å². The number of para-hydroxylation sites is 1. The molecule has 2 aromatic rings. The number of carbonyl (C=O) groups excluding carboxylic acids is 1. The van der Waals surface area contributed by atoms with Gasteiger partial charge in [0.2, 0.25) is 5.75 Å². The van der Waals surface area contributed by atoms with E-state index in [1.54, 1.807) is 12.1 Å². The van der Waals surface area contributed by atoms with E-state index < -0.39 is 5.97 Å². The Labute approximate surface area is 151 Å². The van der Waals surface area contributed by atoms with Crippen molar-refractivity contribution in [2.24, 2.45) is 0 Å². The molecular formula is C20H20O6. The van der Waals surface area contributed by atoms with Crippen molar-refractivity contribution in [2.45, 2.75) is 18.9 Å². The van der Waals surface area contributed by atoms with Crippen LogP contribution in [0.3, 0.4) is 0 Å². The highest BCUT2D eigenvalue weighted by molar-refractivity contribution is 5.77. The fraction of sp³-hybridized carbons (Fsp3) is 0.250. The van der Waals surface area contributed by atoms with Crippen LogP contribution in [0.2, 0.25) is 0 Å². The van der Waals surface area contributed by atoms with Crippen LogP contribution in [0.4, 0.5) is 0 Å². The van der Waals surface area contributed by atoms with Crippen LogP contribution in [0.1, 0.15) is 17.5 Å². The van der Waals surface area contributed by atoms with E-state index in [-0.39, 0.29) is 36.4 Å². The molecule has 0 fully saturated rings. The lowest BCUT2D eigenvalue weighted by molar-refractivity contribution is -0.136. The fourth-order valence-corrected chi connectivity index (χ4v) is 2.89. The molecule has 3 rings (SSSR count). The van der Waals surface area contributed by atoms with E-state index in [0.717, 1.165) is 11.3 Å². The van der Waals surface area contributed by atoms with Crippen LogP contribution < -0.4 is 14.2 Å². The number of fused-ring (bicyclic) bond motifs is 1. The SMILES string of the molecule is COc1c(O)ccc(/C=C/CO)c1OC(=O)CC1Cc2ccccc2O1. The number of esters is 1. The average molecular weight is 356 g/mol. The monoisotopic (exact) mass is 356 g/mol. The Morgan fingerprint density at radius 2 is 2.08 bits per heavy atom. The van der Waals surface area contributed by atoms with Crippen LogP contribution in [0.5, 0.6) is 23.0 Å². The van der Waals surface area contributed by atoms with Crippen LogP contribution in [0.15, 0.2) is 42.5 Å². The van der Waals surface area contributed by atoms with Crippen molar-refractivity contribution in [1.29, 1.82) is 0 Å². The van der Waals surface area contributed by atoms with Gasteiger partial charge in [-0.15, -0.1) is 0 Å². The zero-order valence-corrected chi connectivity index (χ0v) is 14.3. The highest BCUT2D eigenvalue weighted by atomic mass is 16.6. The second-order valence-corrected chi connectivity index (χ2v) is 5.85. The maximum Gasteiger partial charge on any atom is 0.315 e. The van der Waals surface area contributed by atoms with Crippen LogP contribution >= 0.6 is 0 Å². The predicted octanol–water partition coefficient (Wildman–Crippen LogP) is 2.71. The fourth-order valence-electron chi connectivity index (χ4n) is 2.89. The van der Waals surface area contributed by atoms with Crippen molar-refractivity contribution in [3.63, 3.8) is 0 Å². The van der Waals surface area contributed by atoms with Crippen molar-refractivity contribution in [2.75, 3.05) is 13.7 Å². The Morgan fingerprint density at radius 1 is 1.27 bits per heavy atom. The molecular weight excluding hydrogens is 336 g/mol. The number of phenolic OH excluding ortho intramolecular Hbond substituents is 1. The maximum atomic E-state index is 12.4. The number of hydrogen-bond acceptors (Lipinski definition) is 6. The second kappa shape index (κ2) is 7.93. The number of phenols is 1. The van der Waals surface area contributed by atoms with Gasteiger partial charge in [-0.25, -0.2) is 0 Å². The van der Waals surface area contributed by atoms with Gasteiger partial charge in [0, 0.05) is 12.0 Å². The molecule has 0 amide bonds. The minimum atomic E-state index is -0.495. The normalized spacial score (nSPS) is 15.5. The van der Waals surface area contributed by atoms with Gasteiger partial charge in [-0.05, 0) is 23.8 Å². The number of aromatic hydroxyl groups is 1. The Kier molecular flexibility index (Phi) is 5.43. The summed E-state index contributed by atoms with van der Waals surface area (Å²) < 4.78 is 16.4. The van der Waals surface area contributed by atoms with Crippen molar-refractivity contribution < 1.29 is 29.2 Å². The summed E-state index contributed by atoms with van der Waals surface area (Å²) in [5, 5.41) is 18.9. The Balaban J connectivity index is 1.75. The summed E-state index contributed by atoms with van der Waals surface area (Å²) in [5.41, 5.74) is 1.57. The van der Waals surface area contributed by atoms with Crippen LogP contribution in [-0.4, -0.2) is 36.0 Å². The molecule has 0 saturated heterocycles. The second-order valence-electron chi connectivity index (χ2n) is 5.85. The molecule has 0 aromatic heterocycles. The molecule has 26 heavy (non-hydrogen) atoms. The van der Waals surface area contributed by atoms with Crippen molar-refractivity contribution >= 4 is 12.0 Å². The summed E-state index contributed by atoms with van der Waals surface area (Å²) in [6, 6.07) is 10.7. The standard InChI is InChI=1S/C20H20O6/c1-24-20-16(22)9-8-13(6-4-10-21)19(20)26-18(23)12-15-11-14-5-2-3-7-17(14)25-15/h2-9,15,21-22H,10-12H2,1H3/b6-4+. The molecule has 2 aromatic carbocycles. The highest BCUT2D eigenvalue weighted by Crippen LogP contribution is 2.40. The Bertz CT molecular complexity index is 802. The number of aliphatic hydroxyl groups excluding tert-OH is 1.